The molecule has 3 atom stereocenters. The van der Waals surface area contributed by atoms with Gasteiger partial charge in [0.2, 0.25) is 0 Å². The molecule has 0 radical (unpaired) electrons. The first-order chi connectivity index (χ1) is 34.7. The average Bonchev–Trinajstić information content (AvgIpc) is 4.19. The summed E-state index contributed by atoms with van der Waals surface area (Å²) in [5.41, 5.74) is 23.4. The van der Waals surface area contributed by atoms with Crippen molar-refractivity contribution in [3.8, 4) is 67.1 Å². The summed E-state index contributed by atoms with van der Waals surface area (Å²) >= 11 is 0. The third-order valence-corrected chi connectivity index (χ3v) is 17.0. The average molecular weight is 896 g/mol. The second kappa shape index (κ2) is 15.1. The molecule has 0 aromatic heterocycles. The molecule has 0 N–H and O–H groups in total. The summed E-state index contributed by atoms with van der Waals surface area (Å²) < 4.78 is 6.79. The third-order valence-electron chi connectivity index (χ3n) is 17.0. The fourth-order valence-electron chi connectivity index (χ4n) is 14.4. The van der Waals surface area contributed by atoms with Gasteiger partial charge in [0.05, 0.1) is 11.1 Å². The normalized spacial score (nSPS) is 18.9. The molecule has 2 spiro atoms. The SMILES string of the molecule is c1ccc(-c2ccccc2-c2ccccc2-c2ccccc2N(c2ccc3c(c2)C2(c4ccccc4Oc4ccccc42)c2ccccc2-3)c2ccc3c(c2)C2(CC4CCC2C4)c2ccccc2-3)cc1. The molecule has 2 nitrogen and oxygen atoms in total. The maximum absolute atomic E-state index is 6.79. The third kappa shape index (κ3) is 5.45. The van der Waals surface area contributed by atoms with Crippen molar-refractivity contribution in [2.45, 2.75) is 36.5 Å². The van der Waals surface area contributed by atoms with Gasteiger partial charge < -0.3 is 9.64 Å². The molecule has 1 aliphatic heterocycles. The summed E-state index contributed by atoms with van der Waals surface area (Å²) in [5, 5.41) is 0. The van der Waals surface area contributed by atoms with Crippen molar-refractivity contribution in [2.75, 3.05) is 4.90 Å². The van der Waals surface area contributed by atoms with Crippen LogP contribution in [0.1, 0.15) is 59.1 Å². The summed E-state index contributed by atoms with van der Waals surface area (Å²) in [6.45, 7) is 0. The summed E-state index contributed by atoms with van der Waals surface area (Å²) in [7, 11) is 0. The molecule has 332 valence electrons. The van der Waals surface area contributed by atoms with Crippen LogP contribution in [0.3, 0.4) is 0 Å². The van der Waals surface area contributed by atoms with Crippen molar-refractivity contribution < 1.29 is 4.74 Å². The van der Waals surface area contributed by atoms with Crippen LogP contribution in [0.25, 0.3) is 55.6 Å². The van der Waals surface area contributed by atoms with E-state index >= 15 is 0 Å². The first kappa shape index (κ1) is 39.8. The van der Waals surface area contributed by atoms with Crippen LogP contribution >= 0.6 is 0 Å². The number of para-hydroxylation sites is 3. The summed E-state index contributed by atoms with van der Waals surface area (Å²) in [5.74, 6) is 3.23. The Morgan fingerprint density at radius 2 is 0.829 bits per heavy atom. The highest BCUT2D eigenvalue weighted by molar-refractivity contribution is 5.99. The number of nitrogens with zero attached hydrogens (tertiary/aromatic N) is 1. The monoisotopic (exact) mass is 895 g/mol. The largest absolute Gasteiger partial charge is 0.457 e. The number of ether oxygens (including phenoxy) is 1. The zero-order valence-electron chi connectivity index (χ0n) is 38.9. The van der Waals surface area contributed by atoms with E-state index in [9.17, 15) is 0 Å². The topological polar surface area (TPSA) is 12.5 Å². The van der Waals surface area contributed by atoms with Gasteiger partial charge in [0, 0.05) is 33.5 Å². The molecule has 2 bridgehead atoms. The van der Waals surface area contributed by atoms with E-state index in [1.54, 1.807) is 5.56 Å². The predicted octanol–water partition coefficient (Wildman–Crippen LogP) is 17.7. The minimum atomic E-state index is -0.598. The second-order valence-corrected chi connectivity index (χ2v) is 20.3. The zero-order valence-corrected chi connectivity index (χ0v) is 38.9. The smallest absolute Gasteiger partial charge is 0.132 e. The lowest BCUT2D eigenvalue weighted by Gasteiger charge is -2.40. The lowest BCUT2D eigenvalue weighted by atomic mass is 9.66. The summed E-state index contributed by atoms with van der Waals surface area (Å²) in [4.78, 5) is 2.59. The van der Waals surface area contributed by atoms with Gasteiger partial charge >= 0.3 is 0 Å². The highest BCUT2D eigenvalue weighted by Gasteiger charge is 2.57. The molecule has 70 heavy (non-hydrogen) atoms. The highest BCUT2D eigenvalue weighted by atomic mass is 16.5. The fraction of sp³-hybridized carbons (Fsp3) is 0.118. The van der Waals surface area contributed by atoms with Gasteiger partial charge in [0.25, 0.3) is 0 Å². The van der Waals surface area contributed by atoms with E-state index in [-0.39, 0.29) is 5.41 Å². The molecule has 2 heteroatoms. The van der Waals surface area contributed by atoms with Gasteiger partial charge in [-0.05, 0) is 146 Å². The van der Waals surface area contributed by atoms with Crippen molar-refractivity contribution in [3.05, 3.63) is 270 Å². The molecule has 0 amide bonds. The standard InChI is InChI=1S/C68H49NO/c1-2-18-45(19-3-1)49-20-4-5-21-50(49)51-22-6-7-23-52(51)57-26-10-15-31-64(57)69(47-36-38-55-53-24-8-11-27-58(53)67(62(55)41-47)43-44-34-35-46(67)40-44)48-37-39-56-54-25-9-12-28-59(54)68(63(56)42-48)60-29-13-16-32-65(60)70-66-33-17-14-30-61(66)68/h1-33,36-39,41-42,44,46H,34-35,40,43H2. The number of rotatable bonds is 6. The highest BCUT2D eigenvalue weighted by Crippen LogP contribution is 2.67. The minimum Gasteiger partial charge on any atom is -0.457 e. The van der Waals surface area contributed by atoms with Crippen molar-refractivity contribution in [2.24, 2.45) is 11.8 Å². The van der Waals surface area contributed by atoms with Crippen molar-refractivity contribution in [3.63, 3.8) is 0 Å². The van der Waals surface area contributed by atoms with Gasteiger partial charge in [-0.15, -0.1) is 0 Å². The van der Waals surface area contributed by atoms with Crippen LogP contribution < -0.4 is 9.64 Å². The Balaban J connectivity index is 0.998. The number of hydrogen-bond donors (Lipinski definition) is 0. The second-order valence-electron chi connectivity index (χ2n) is 20.3. The molecule has 2 saturated carbocycles. The number of anilines is 3. The molecule has 2 fully saturated rings. The molecular formula is C68H49NO. The maximum Gasteiger partial charge on any atom is 0.132 e. The first-order valence-electron chi connectivity index (χ1n) is 25.2. The Morgan fingerprint density at radius 3 is 1.47 bits per heavy atom. The van der Waals surface area contributed by atoms with Crippen LogP contribution in [0.15, 0.2) is 237 Å². The summed E-state index contributed by atoms with van der Waals surface area (Å²) in [6, 6.07) is 88.4. The van der Waals surface area contributed by atoms with Gasteiger partial charge in [-0.1, -0.05) is 201 Å². The quantitative estimate of drug-likeness (QED) is 0.165. The van der Waals surface area contributed by atoms with E-state index in [0.29, 0.717) is 5.92 Å². The van der Waals surface area contributed by atoms with E-state index in [1.165, 1.54) is 115 Å². The van der Waals surface area contributed by atoms with Crippen molar-refractivity contribution in [1.82, 2.24) is 0 Å². The maximum atomic E-state index is 6.79. The Kier molecular flexibility index (Phi) is 8.61. The van der Waals surface area contributed by atoms with E-state index in [2.05, 4.69) is 241 Å². The lowest BCUT2D eigenvalue weighted by molar-refractivity contribution is 0.327. The van der Waals surface area contributed by atoms with Crippen LogP contribution in [-0.4, -0.2) is 0 Å². The Hall–Kier alpha value is -8.20. The van der Waals surface area contributed by atoms with Crippen LogP contribution in [0.4, 0.5) is 17.1 Å². The molecular weight excluding hydrogens is 847 g/mol. The van der Waals surface area contributed by atoms with Crippen LogP contribution in [0.5, 0.6) is 11.5 Å². The Labute approximate surface area is 410 Å². The van der Waals surface area contributed by atoms with Gasteiger partial charge in [-0.25, -0.2) is 0 Å². The van der Waals surface area contributed by atoms with E-state index < -0.39 is 5.41 Å². The van der Waals surface area contributed by atoms with Gasteiger partial charge in [-0.3, -0.25) is 0 Å². The number of benzene rings is 10. The zero-order chi connectivity index (χ0) is 46.0. The van der Waals surface area contributed by atoms with E-state index in [1.807, 2.05) is 0 Å². The van der Waals surface area contributed by atoms with Crippen molar-refractivity contribution >= 4 is 17.1 Å². The molecule has 10 aromatic rings. The van der Waals surface area contributed by atoms with E-state index in [4.69, 9.17) is 4.74 Å². The molecule has 15 rings (SSSR count). The lowest BCUT2D eigenvalue weighted by Crippen LogP contribution is -2.32. The number of fused-ring (bicyclic) bond motifs is 17. The van der Waals surface area contributed by atoms with Crippen molar-refractivity contribution in [1.29, 1.82) is 0 Å². The molecule has 0 saturated heterocycles. The first-order valence-corrected chi connectivity index (χ1v) is 25.2. The van der Waals surface area contributed by atoms with Gasteiger partial charge in [0.1, 0.15) is 11.5 Å². The fourth-order valence-corrected chi connectivity index (χ4v) is 14.4. The van der Waals surface area contributed by atoms with E-state index in [0.717, 1.165) is 28.8 Å². The van der Waals surface area contributed by atoms with Crippen LogP contribution in [0.2, 0.25) is 0 Å². The molecule has 1 heterocycles. The Morgan fingerprint density at radius 1 is 0.357 bits per heavy atom. The molecule has 4 aliphatic carbocycles. The molecule has 5 aliphatic rings. The molecule has 10 aromatic carbocycles. The minimum absolute atomic E-state index is 0.0307. The molecule has 3 unspecified atom stereocenters. The van der Waals surface area contributed by atoms with Gasteiger partial charge in [0.15, 0.2) is 0 Å². The van der Waals surface area contributed by atoms with Crippen LogP contribution in [-0.2, 0) is 10.8 Å². The Bertz CT molecular complexity index is 3710. The van der Waals surface area contributed by atoms with Gasteiger partial charge in [-0.2, -0.15) is 0 Å². The predicted molar refractivity (Wildman–Crippen MR) is 286 cm³/mol. The summed E-state index contributed by atoms with van der Waals surface area (Å²) in [6.07, 6.45) is 5.21. The number of hydrogen-bond acceptors (Lipinski definition) is 2. The van der Waals surface area contributed by atoms with Crippen LogP contribution in [0, 0.1) is 11.8 Å².